The standard InChI is InChI=1S/C14H24N2O2/c1-11-12(8-15-2)7-14(18-11)10-16-6-4-5-13(9-16)17-3/h7,13,15H,4-6,8-10H2,1-3H3. The highest BCUT2D eigenvalue weighted by molar-refractivity contribution is 5.20. The van der Waals surface area contributed by atoms with E-state index in [0.717, 1.165) is 37.7 Å². The van der Waals surface area contributed by atoms with Gasteiger partial charge in [-0.2, -0.15) is 0 Å². The summed E-state index contributed by atoms with van der Waals surface area (Å²) in [6.45, 7) is 5.95. The van der Waals surface area contributed by atoms with Crippen LogP contribution < -0.4 is 5.32 Å². The first kappa shape index (κ1) is 13.6. The first-order valence-electron chi connectivity index (χ1n) is 6.71. The zero-order chi connectivity index (χ0) is 13.0. The van der Waals surface area contributed by atoms with Crippen LogP contribution in [0.2, 0.25) is 0 Å². The van der Waals surface area contributed by atoms with Crippen LogP contribution in [-0.2, 0) is 17.8 Å². The van der Waals surface area contributed by atoms with E-state index in [1.54, 1.807) is 7.11 Å². The van der Waals surface area contributed by atoms with E-state index < -0.39 is 0 Å². The van der Waals surface area contributed by atoms with Gasteiger partial charge in [0.05, 0.1) is 12.6 Å². The third kappa shape index (κ3) is 3.34. The van der Waals surface area contributed by atoms with Crippen molar-refractivity contribution in [1.29, 1.82) is 0 Å². The van der Waals surface area contributed by atoms with E-state index >= 15 is 0 Å². The molecule has 0 bridgehead atoms. The third-order valence-corrected chi connectivity index (χ3v) is 3.61. The quantitative estimate of drug-likeness (QED) is 0.869. The maximum atomic E-state index is 5.82. The lowest BCUT2D eigenvalue weighted by atomic mass is 10.1. The summed E-state index contributed by atoms with van der Waals surface area (Å²) in [5, 5.41) is 3.16. The second-order valence-corrected chi connectivity index (χ2v) is 5.06. The van der Waals surface area contributed by atoms with Crippen molar-refractivity contribution < 1.29 is 9.15 Å². The molecular formula is C14H24N2O2. The molecule has 4 heteroatoms. The Morgan fingerprint density at radius 2 is 2.39 bits per heavy atom. The summed E-state index contributed by atoms with van der Waals surface area (Å²) in [4.78, 5) is 2.42. The van der Waals surface area contributed by atoms with Crippen molar-refractivity contribution >= 4 is 0 Å². The number of aryl methyl sites for hydroxylation is 1. The number of hydrogen-bond donors (Lipinski definition) is 1. The topological polar surface area (TPSA) is 37.6 Å². The summed E-state index contributed by atoms with van der Waals surface area (Å²) >= 11 is 0. The second kappa shape index (κ2) is 6.36. The Morgan fingerprint density at radius 3 is 3.11 bits per heavy atom. The third-order valence-electron chi connectivity index (χ3n) is 3.61. The maximum absolute atomic E-state index is 5.82. The predicted octanol–water partition coefficient (Wildman–Crippen LogP) is 1.92. The number of nitrogens with one attached hydrogen (secondary N) is 1. The Labute approximate surface area is 109 Å². The van der Waals surface area contributed by atoms with Crippen LogP contribution in [0, 0.1) is 6.92 Å². The molecule has 0 amide bonds. The van der Waals surface area contributed by atoms with Crippen molar-refractivity contribution in [3.63, 3.8) is 0 Å². The molecule has 1 atom stereocenters. The summed E-state index contributed by atoms with van der Waals surface area (Å²) in [6.07, 6.45) is 2.77. The Kier molecular flexibility index (Phi) is 4.80. The van der Waals surface area contributed by atoms with E-state index in [1.807, 2.05) is 14.0 Å². The molecule has 1 aliphatic rings. The lowest BCUT2D eigenvalue weighted by Gasteiger charge is -2.31. The van der Waals surface area contributed by atoms with Gasteiger partial charge in [0.1, 0.15) is 11.5 Å². The van der Waals surface area contributed by atoms with Crippen molar-refractivity contribution in [2.75, 3.05) is 27.2 Å². The molecule has 1 aromatic heterocycles. The van der Waals surface area contributed by atoms with Gasteiger partial charge in [0.15, 0.2) is 0 Å². The molecular weight excluding hydrogens is 228 g/mol. The van der Waals surface area contributed by atoms with Gasteiger partial charge in [-0.25, -0.2) is 0 Å². The van der Waals surface area contributed by atoms with E-state index in [4.69, 9.17) is 9.15 Å². The molecule has 1 saturated heterocycles. The van der Waals surface area contributed by atoms with Crippen molar-refractivity contribution in [3.8, 4) is 0 Å². The van der Waals surface area contributed by atoms with Crippen LogP contribution in [0.3, 0.4) is 0 Å². The molecule has 0 radical (unpaired) electrons. The van der Waals surface area contributed by atoms with Crippen LogP contribution in [0.25, 0.3) is 0 Å². The number of piperidine rings is 1. The molecule has 4 nitrogen and oxygen atoms in total. The lowest BCUT2D eigenvalue weighted by molar-refractivity contribution is 0.0263. The summed E-state index contributed by atoms with van der Waals surface area (Å²) in [6, 6.07) is 2.17. The van der Waals surface area contributed by atoms with Crippen molar-refractivity contribution in [2.45, 2.75) is 39.0 Å². The zero-order valence-corrected chi connectivity index (χ0v) is 11.7. The molecule has 0 aliphatic carbocycles. The van der Waals surface area contributed by atoms with Crippen molar-refractivity contribution in [3.05, 3.63) is 23.2 Å². The minimum absolute atomic E-state index is 0.381. The monoisotopic (exact) mass is 252 g/mol. The molecule has 1 unspecified atom stereocenters. The number of ether oxygens (including phenoxy) is 1. The van der Waals surface area contributed by atoms with Crippen LogP contribution in [0.4, 0.5) is 0 Å². The highest BCUT2D eigenvalue weighted by Crippen LogP contribution is 2.19. The van der Waals surface area contributed by atoms with Crippen LogP contribution in [0.5, 0.6) is 0 Å². The number of furan rings is 1. The van der Waals surface area contributed by atoms with Crippen LogP contribution >= 0.6 is 0 Å². The Bertz CT molecular complexity index is 376. The van der Waals surface area contributed by atoms with Crippen molar-refractivity contribution in [2.24, 2.45) is 0 Å². The average Bonchev–Trinajstić information content (AvgIpc) is 2.70. The fourth-order valence-electron chi connectivity index (χ4n) is 2.60. The number of rotatable bonds is 5. The van der Waals surface area contributed by atoms with Gasteiger partial charge in [-0.1, -0.05) is 0 Å². The van der Waals surface area contributed by atoms with E-state index in [-0.39, 0.29) is 0 Å². The molecule has 1 aromatic rings. The highest BCUT2D eigenvalue weighted by Gasteiger charge is 2.20. The maximum Gasteiger partial charge on any atom is 0.118 e. The van der Waals surface area contributed by atoms with Crippen molar-refractivity contribution in [1.82, 2.24) is 10.2 Å². The molecule has 102 valence electrons. The molecule has 0 aromatic carbocycles. The predicted molar refractivity (Wildman–Crippen MR) is 71.5 cm³/mol. The molecule has 1 fully saturated rings. The molecule has 1 N–H and O–H groups in total. The van der Waals surface area contributed by atoms with E-state index in [0.29, 0.717) is 6.10 Å². The van der Waals surface area contributed by atoms with Gasteiger partial charge >= 0.3 is 0 Å². The Balaban J connectivity index is 1.94. The molecule has 2 rings (SSSR count). The summed E-state index contributed by atoms with van der Waals surface area (Å²) < 4.78 is 11.3. The molecule has 1 aliphatic heterocycles. The second-order valence-electron chi connectivity index (χ2n) is 5.06. The first-order chi connectivity index (χ1) is 8.72. The minimum atomic E-state index is 0.381. The molecule has 2 heterocycles. The summed E-state index contributed by atoms with van der Waals surface area (Å²) in [5.74, 6) is 2.09. The van der Waals surface area contributed by atoms with Gasteiger partial charge in [-0.3, -0.25) is 4.90 Å². The van der Waals surface area contributed by atoms with Crippen LogP contribution in [0.1, 0.15) is 29.9 Å². The SMILES string of the molecule is CNCc1cc(CN2CCCC(OC)C2)oc1C. The highest BCUT2D eigenvalue weighted by atomic mass is 16.5. The molecule has 0 saturated carbocycles. The number of nitrogens with zero attached hydrogens (tertiary/aromatic N) is 1. The first-order valence-corrected chi connectivity index (χ1v) is 6.71. The smallest absolute Gasteiger partial charge is 0.118 e. The summed E-state index contributed by atoms with van der Waals surface area (Å²) in [7, 11) is 3.76. The Morgan fingerprint density at radius 1 is 1.56 bits per heavy atom. The van der Waals surface area contributed by atoms with E-state index in [9.17, 15) is 0 Å². The zero-order valence-electron chi connectivity index (χ0n) is 11.7. The fraction of sp³-hybridized carbons (Fsp3) is 0.714. The van der Waals surface area contributed by atoms with Gasteiger partial charge in [0.25, 0.3) is 0 Å². The average molecular weight is 252 g/mol. The summed E-state index contributed by atoms with van der Waals surface area (Å²) in [5.41, 5.74) is 1.26. The fourth-order valence-corrected chi connectivity index (χ4v) is 2.60. The van der Waals surface area contributed by atoms with E-state index in [1.165, 1.54) is 18.4 Å². The Hall–Kier alpha value is -0.840. The van der Waals surface area contributed by atoms with Gasteiger partial charge in [0.2, 0.25) is 0 Å². The van der Waals surface area contributed by atoms with E-state index in [2.05, 4.69) is 16.3 Å². The van der Waals surface area contributed by atoms with Crippen LogP contribution in [0.15, 0.2) is 10.5 Å². The number of likely N-dealkylation sites (tertiary alicyclic amines) is 1. The molecule has 18 heavy (non-hydrogen) atoms. The molecule has 0 spiro atoms. The largest absolute Gasteiger partial charge is 0.465 e. The van der Waals surface area contributed by atoms with Gasteiger partial charge in [0, 0.05) is 25.8 Å². The number of methoxy groups -OCH3 is 1. The lowest BCUT2D eigenvalue weighted by Crippen LogP contribution is -2.38. The minimum Gasteiger partial charge on any atom is -0.465 e. The van der Waals surface area contributed by atoms with Crippen LogP contribution in [-0.4, -0.2) is 38.3 Å². The number of hydrogen-bond acceptors (Lipinski definition) is 4. The van der Waals surface area contributed by atoms with Gasteiger partial charge in [-0.05, 0) is 39.4 Å². The normalized spacial score (nSPS) is 21.4. The van der Waals surface area contributed by atoms with Gasteiger partial charge in [-0.15, -0.1) is 0 Å². The van der Waals surface area contributed by atoms with Gasteiger partial charge < -0.3 is 14.5 Å².